The average Bonchev–Trinajstić information content (AvgIpc) is 2.97. The number of aromatic nitrogens is 1. The Bertz CT molecular complexity index is 824. The first-order valence-electron chi connectivity index (χ1n) is 6.21. The van der Waals surface area contributed by atoms with Crippen molar-refractivity contribution in [2.75, 3.05) is 0 Å². The molecule has 0 aliphatic carbocycles. The van der Waals surface area contributed by atoms with Gasteiger partial charge >= 0.3 is 0 Å². The van der Waals surface area contributed by atoms with Gasteiger partial charge in [0.05, 0.1) is 26.7 Å². The Morgan fingerprint density at radius 3 is 2.27 bits per heavy atom. The highest BCUT2D eigenvalue weighted by Crippen LogP contribution is 2.36. The maximum absolute atomic E-state index is 10.6. The van der Waals surface area contributed by atoms with Gasteiger partial charge in [0.2, 0.25) is 5.89 Å². The van der Waals surface area contributed by atoms with E-state index in [1.54, 1.807) is 30.3 Å². The molecule has 0 saturated carbocycles. The summed E-state index contributed by atoms with van der Waals surface area (Å²) < 4.78 is 5.67. The van der Waals surface area contributed by atoms with Gasteiger partial charge in [0.15, 0.2) is 5.76 Å². The average molecular weight is 335 g/mol. The monoisotopic (exact) mass is 334 g/mol. The molecule has 1 aromatic heterocycles. The number of halogens is 2. The third-order valence-electron chi connectivity index (χ3n) is 3.04. The van der Waals surface area contributed by atoms with Crippen molar-refractivity contribution in [2.45, 2.75) is 0 Å². The van der Waals surface area contributed by atoms with Crippen LogP contribution < -0.4 is 0 Å². The van der Waals surface area contributed by atoms with E-state index in [4.69, 9.17) is 27.6 Å². The van der Waals surface area contributed by atoms with Gasteiger partial charge in [0, 0.05) is 17.7 Å². The van der Waals surface area contributed by atoms with Crippen LogP contribution in [0.3, 0.4) is 0 Å². The summed E-state index contributed by atoms with van der Waals surface area (Å²) in [5.41, 5.74) is 1.19. The zero-order chi connectivity index (χ0) is 15.7. The number of hydrogen-bond acceptors (Lipinski definition) is 4. The summed E-state index contributed by atoms with van der Waals surface area (Å²) >= 11 is 12.3. The Morgan fingerprint density at radius 2 is 1.68 bits per heavy atom. The van der Waals surface area contributed by atoms with E-state index in [1.165, 1.54) is 18.3 Å². The molecule has 3 rings (SSSR count). The Morgan fingerprint density at radius 1 is 1.05 bits per heavy atom. The minimum atomic E-state index is -0.464. The lowest BCUT2D eigenvalue weighted by molar-refractivity contribution is -0.384. The third kappa shape index (κ3) is 2.68. The fourth-order valence-electron chi connectivity index (χ4n) is 1.98. The summed E-state index contributed by atoms with van der Waals surface area (Å²) in [6.07, 6.45) is 1.52. The molecule has 1 heterocycles. The molecule has 0 aliphatic heterocycles. The molecule has 22 heavy (non-hydrogen) atoms. The maximum Gasteiger partial charge on any atom is 0.269 e. The van der Waals surface area contributed by atoms with E-state index in [-0.39, 0.29) is 5.69 Å². The molecule has 2 aromatic carbocycles. The summed E-state index contributed by atoms with van der Waals surface area (Å²) in [6, 6.07) is 11.1. The van der Waals surface area contributed by atoms with Gasteiger partial charge in [0.1, 0.15) is 0 Å². The van der Waals surface area contributed by atoms with E-state index in [0.29, 0.717) is 32.8 Å². The highest BCUT2D eigenvalue weighted by atomic mass is 35.5. The summed E-state index contributed by atoms with van der Waals surface area (Å²) in [5.74, 6) is 0.768. The topological polar surface area (TPSA) is 69.2 Å². The largest absolute Gasteiger partial charge is 0.436 e. The summed E-state index contributed by atoms with van der Waals surface area (Å²) in [5, 5.41) is 11.6. The molecule has 0 aliphatic rings. The Labute approximate surface area is 135 Å². The molecule has 0 radical (unpaired) electrons. The number of nitro groups is 1. The van der Waals surface area contributed by atoms with E-state index in [2.05, 4.69) is 4.98 Å². The number of nitrogens with zero attached hydrogens (tertiary/aromatic N) is 2. The van der Waals surface area contributed by atoms with Gasteiger partial charge in [-0.15, -0.1) is 0 Å². The highest BCUT2D eigenvalue weighted by molar-refractivity contribution is 6.39. The van der Waals surface area contributed by atoms with E-state index < -0.39 is 4.92 Å². The summed E-state index contributed by atoms with van der Waals surface area (Å²) in [6.45, 7) is 0. The number of oxazole rings is 1. The first-order valence-corrected chi connectivity index (χ1v) is 6.97. The van der Waals surface area contributed by atoms with Crippen molar-refractivity contribution in [3.05, 3.63) is 68.8 Å². The SMILES string of the molecule is O=[N+]([O-])c1ccc(-c2ncc(-c3c(Cl)cccc3Cl)o2)cc1. The second kappa shape index (κ2) is 5.79. The van der Waals surface area contributed by atoms with Crippen LogP contribution in [0.2, 0.25) is 10.0 Å². The van der Waals surface area contributed by atoms with Crippen molar-refractivity contribution in [1.29, 1.82) is 0 Å². The fraction of sp³-hybridized carbons (Fsp3) is 0. The molecule has 0 saturated heterocycles. The first kappa shape index (κ1) is 14.6. The lowest BCUT2D eigenvalue weighted by Gasteiger charge is -2.02. The van der Waals surface area contributed by atoms with Crippen molar-refractivity contribution >= 4 is 28.9 Å². The molecule has 0 amide bonds. The molecule has 0 fully saturated rings. The van der Waals surface area contributed by atoms with Crippen molar-refractivity contribution in [3.63, 3.8) is 0 Å². The minimum absolute atomic E-state index is 0.00433. The van der Waals surface area contributed by atoms with Crippen LogP contribution in [0.25, 0.3) is 22.8 Å². The van der Waals surface area contributed by atoms with Crippen molar-refractivity contribution < 1.29 is 9.34 Å². The zero-order valence-corrected chi connectivity index (χ0v) is 12.5. The second-order valence-corrected chi connectivity index (χ2v) is 5.24. The number of rotatable bonds is 3. The van der Waals surface area contributed by atoms with Crippen LogP contribution in [-0.2, 0) is 0 Å². The molecule has 110 valence electrons. The lowest BCUT2D eigenvalue weighted by atomic mass is 10.2. The van der Waals surface area contributed by atoms with E-state index in [9.17, 15) is 10.1 Å². The van der Waals surface area contributed by atoms with E-state index >= 15 is 0 Å². The van der Waals surface area contributed by atoms with Crippen LogP contribution in [0.15, 0.2) is 53.1 Å². The Kier molecular flexibility index (Phi) is 3.83. The summed E-state index contributed by atoms with van der Waals surface area (Å²) in [7, 11) is 0. The summed E-state index contributed by atoms with van der Waals surface area (Å²) in [4.78, 5) is 14.4. The quantitative estimate of drug-likeness (QED) is 0.486. The molecule has 0 unspecified atom stereocenters. The van der Waals surface area contributed by atoms with Crippen LogP contribution in [0.4, 0.5) is 5.69 Å². The number of non-ortho nitro benzene ring substituents is 1. The number of nitro benzene ring substituents is 1. The minimum Gasteiger partial charge on any atom is -0.436 e. The van der Waals surface area contributed by atoms with Crippen molar-refractivity contribution in [1.82, 2.24) is 4.98 Å². The van der Waals surface area contributed by atoms with Gasteiger partial charge in [-0.2, -0.15) is 0 Å². The van der Waals surface area contributed by atoms with Gasteiger partial charge in [-0.3, -0.25) is 10.1 Å². The predicted molar refractivity (Wildman–Crippen MR) is 84.0 cm³/mol. The Hall–Kier alpha value is -2.37. The molecule has 0 N–H and O–H groups in total. The molecular formula is C15H8Cl2N2O3. The molecular weight excluding hydrogens is 327 g/mol. The van der Waals surface area contributed by atoms with Crippen LogP contribution in [0.5, 0.6) is 0 Å². The predicted octanol–water partition coefficient (Wildman–Crippen LogP) is 5.22. The van der Waals surface area contributed by atoms with Crippen molar-refractivity contribution in [2.24, 2.45) is 0 Å². The molecule has 0 spiro atoms. The maximum atomic E-state index is 10.6. The van der Waals surface area contributed by atoms with Crippen LogP contribution in [-0.4, -0.2) is 9.91 Å². The van der Waals surface area contributed by atoms with E-state index in [1.807, 2.05) is 0 Å². The van der Waals surface area contributed by atoms with Crippen LogP contribution >= 0.6 is 23.2 Å². The molecule has 0 atom stereocenters. The molecule has 0 bridgehead atoms. The molecule has 5 nitrogen and oxygen atoms in total. The number of hydrogen-bond donors (Lipinski definition) is 0. The lowest BCUT2D eigenvalue weighted by Crippen LogP contribution is -1.87. The smallest absolute Gasteiger partial charge is 0.269 e. The van der Waals surface area contributed by atoms with Gasteiger partial charge in [-0.1, -0.05) is 29.3 Å². The van der Waals surface area contributed by atoms with Crippen LogP contribution in [0, 0.1) is 10.1 Å². The highest BCUT2D eigenvalue weighted by Gasteiger charge is 2.15. The number of benzene rings is 2. The van der Waals surface area contributed by atoms with Gasteiger partial charge in [-0.05, 0) is 24.3 Å². The second-order valence-electron chi connectivity index (χ2n) is 4.43. The van der Waals surface area contributed by atoms with Gasteiger partial charge < -0.3 is 4.42 Å². The standard InChI is InChI=1S/C15H8Cl2N2O3/c16-11-2-1-3-12(17)14(11)13-8-18-15(22-13)9-4-6-10(7-5-9)19(20)21/h1-8H. The van der Waals surface area contributed by atoms with Crippen molar-refractivity contribution in [3.8, 4) is 22.8 Å². The Balaban J connectivity index is 1.99. The van der Waals surface area contributed by atoms with Crippen LogP contribution in [0.1, 0.15) is 0 Å². The molecule has 3 aromatic rings. The normalized spacial score (nSPS) is 10.6. The van der Waals surface area contributed by atoms with E-state index in [0.717, 1.165) is 0 Å². The van der Waals surface area contributed by atoms with Gasteiger partial charge in [0.25, 0.3) is 5.69 Å². The third-order valence-corrected chi connectivity index (χ3v) is 3.67. The van der Waals surface area contributed by atoms with Gasteiger partial charge in [-0.25, -0.2) is 4.98 Å². The zero-order valence-electron chi connectivity index (χ0n) is 11.0. The fourth-order valence-corrected chi connectivity index (χ4v) is 2.57. The first-order chi connectivity index (χ1) is 10.6. The molecule has 7 heteroatoms.